The van der Waals surface area contributed by atoms with E-state index in [1.54, 1.807) is 0 Å². The van der Waals surface area contributed by atoms with Gasteiger partial charge in [0.25, 0.3) is 0 Å². The van der Waals surface area contributed by atoms with Gasteiger partial charge in [0.15, 0.2) is 6.29 Å². The van der Waals surface area contributed by atoms with Crippen molar-refractivity contribution in [1.29, 1.82) is 0 Å². The summed E-state index contributed by atoms with van der Waals surface area (Å²) in [5, 5.41) is 9.86. The minimum Gasteiger partial charge on any atom is -0.358 e. The van der Waals surface area contributed by atoms with Crippen molar-refractivity contribution in [2.45, 2.75) is 6.43 Å². The van der Waals surface area contributed by atoms with Gasteiger partial charge in [-0.15, -0.1) is 0 Å². The maximum absolute atomic E-state index is 12.3. The fraction of sp³-hybridized carbons (Fsp3) is 0.143. The minimum atomic E-state index is -3.09. The molecule has 0 spiro atoms. The van der Waals surface area contributed by atoms with Crippen LogP contribution in [-0.2, 0) is 0 Å². The molecule has 0 unspecified atom stereocenters. The fourth-order valence-electron chi connectivity index (χ4n) is 0.906. The summed E-state index contributed by atoms with van der Waals surface area (Å²) in [6.07, 6.45) is -3.01. The van der Waals surface area contributed by atoms with Crippen molar-refractivity contribution in [3.05, 3.63) is 32.5 Å². The first-order valence-corrected chi connectivity index (χ1v) is 3.93. The van der Waals surface area contributed by atoms with E-state index in [1.807, 2.05) is 0 Å². The number of pyridine rings is 1. The van der Waals surface area contributed by atoms with Crippen molar-refractivity contribution in [2.75, 3.05) is 0 Å². The molecule has 0 atom stereocenters. The van der Waals surface area contributed by atoms with E-state index < -0.39 is 33.4 Å². The molecule has 0 aliphatic heterocycles. The predicted molar refractivity (Wildman–Crippen MR) is 46.2 cm³/mol. The Hall–Kier alpha value is -1.63. The number of alkyl halides is 2. The van der Waals surface area contributed by atoms with E-state index in [4.69, 9.17) is 11.6 Å². The van der Waals surface area contributed by atoms with Gasteiger partial charge in [-0.3, -0.25) is 4.79 Å². The van der Waals surface area contributed by atoms with Gasteiger partial charge in [-0.25, -0.2) is 8.78 Å². The molecule has 15 heavy (non-hydrogen) atoms. The Morgan fingerprint density at radius 2 is 2.20 bits per heavy atom. The third-order valence-electron chi connectivity index (χ3n) is 1.54. The van der Waals surface area contributed by atoms with Gasteiger partial charge in [0.05, 0.1) is 16.7 Å². The quantitative estimate of drug-likeness (QED) is 0.459. The lowest BCUT2D eigenvalue weighted by Crippen LogP contribution is -2.02. The molecule has 1 heterocycles. The summed E-state index contributed by atoms with van der Waals surface area (Å²) in [4.78, 5) is 22.8. The topological polar surface area (TPSA) is 73.1 Å². The Balaban J connectivity index is 3.45. The molecule has 0 bridgehead atoms. The number of carbonyl (C=O) groups is 1. The third-order valence-corrected chi connectivity index (χ3v) is 1.85. The molecule has 0 radical (unpaired) electrons. The number of aldehydes is 1. The second-order valence-electron chi connectivity index (χ2n) is 2.44. The highest BCUT2D eigenvalue weighted by Crippen LogP contribution is 2.28. The van der Waals surface area contributed by atoms with E-state index in [9.17, 15) is 23.7 Å². The Morgan fingerprint density at radius 1 is 1.60 bits per heavy atom. The molecule has 0 saturated carbocycles. The smallest absolute Gasteiger partial charge is 0.358 e. The lowest BCUT2D eigenvalue weighted by molar-refractivity contribution is -0.389. The lowest BCUT2D eigenvalue weighted by Gasteiger charge is -2.00. The van der Waals surface area contributed by atoms with Crippen LogP contribution in [-0.4, -0.2) is 16.2 Å². The predicted octanol–water partition coefficient (Wildman–Crippen LogP) is 2.39. The van der Waals surface area contributed by atoms with E-state index in [0.29, 0.717) is 0 Å². The van der Waals surface area contributed by atoms with E-state index in [-0.39, 0.29) is 6.29 Å². The van der Waals surface area contributed by atoms with Gasteiger partial charge >= 0.3 is 12.2 Å². The van der Waals surface area contributed by atoms with Crippen LogP contribution in [0.2, 0.25) is 5.02 Å². The molecular weight excluding hydrogens is 234 g/mol. The average Bonchev–Trinajstić information content (AvgIpc) is 2.16. The van der Waals surface area contributed by atoms with Crippen molar-refractivity contribution in [3.8, 4) is 0 Å². The number of rotatable bonds is 3. The van der Waals surface area contributed by atoms with E-state index >= 15 is 0 Å². The van der Waals surface area contributed by atoms with Crippen molar-refractivity contribution in [1.82, 2.24) is 4.98 Å². The summed E-state index contributed by atoms with van der Waals surface area (Å²) in [6, 6.07) is 0.747. The van der Waals surface area contributed by atoms with Crippen LogP contribution in [0, 0.1) is 10.1 Å². The molecule has 0 fully saturated rings. The van der Waals surface area contributed by atoms with Gasteiger partial charge in [-0.05, 0) is 9.91 Å². The number of carbonyl (C=O) groups excluding carboxylic acids is 1. The number of aromatic nitrogens is 1. The standard InChI is InChI=1S/C7H3ClF2N2O3/c8-4-1-5(12(14)15)11-6(7(9)10)3(4)2-13/h1-2,7H. The Bertz CT molecular complexity index is 425. The number of nitro groups is 1. The van der Waals surface area contributed by atoms with Crippen LogP contribution in [0.4, 0.5) is 14.6 Å². The number of nitrogens with zero attached hydrogens (tertiary/aromatic N) is 2. The van der Waals surface area contributed by atoms with Crippen LogP contribution >= 0.6 is 11.6 Å². The van der Waals surface area contributed by atoms with Gasteiger partial charge in [0.2, 0.25) is 5.69 Å². The van der Waals surface area contributed by atoms with Gasteiger partial charge < -0.3 is 10.1 Å². The maximum Gasteiger partial charge on any atom is 0.365 e. The molecule has 1 aromatic heterocycles. The van der Waals surface area contributed by atoms with E-state index in [1.165, 1.54) is 0 Å². The van der Waals surface area contributed by atoms with Gasteiger partial charge in [0.1, 0.15) is 0 Å². The largest absolute Gasteiger partial charge is 0.365 e. The SMILES string of the molecule is O=Cc1c(Cl)cc([N+](=O)[O-])nc1C(F)F. The van der Waals surface area contributed by atoms with Crippen molar-refractivity contribution < 1.29 is 18.5 Å². The van der Waals surface area contributed by atoms with Crippen molar-refractivity contribution in [3.63, 3.8) is 0 Å². The summed E-state index contributed by atoms with van der Waals surface area (Å²) >= 11 is 5.41. The van der Waals surface area contributed by atoms with E-state index in [0.717, 1.165) is 6.07 Å². The molecule has 1 aromatic rings. The maximum atomic E-state index is 12.3. The second kappa shape index (κ2) is 4.26. The molecule has 0 aliphatic rings. The van der Waals surface area contributed by atoms with Crippen LogP contribution in [0.25, 0.3) is 0 Å². The van der Waals surface area contributed by atoms with Crippen LogP contribution in [0.1, 0.15) is 22.5 Å². The normalized spacial score (nSPS) is 10.4. The summed E-state index contributed by atoms with van der Waals surface area (Å²) in [7, 11) is 0. The molecule has 5 nitrogen and oxygen atoms in total. The minimum absolute atomic E-state index is 0.0839. The zero-order valence-corrected chi connectivity index (χ0v) is 7.74. The molecule has 0 saturated heterocycles. The van der Waals surface area contributed by atoms with Gasteiger partial charge in [0, 0.05) is 0 Å². The zero-order chi connectivity index (χ0) is 11.6. The molecule has 0 aromatic carbocycles. The summed E-state index contributed by atoms with van der Waals surface area (Å²) in [5.41, 5.74) is -1.51. The van der Waals surface area contributed by atoms with Gasteiger partial charge in [-0.1, -0.05) is 11.6 Å². The molecule has 0 aliphatic carbocycles. The van der Waals surface area contributed by atoms with Crippen LogP contribution < -0.4 is 0 Å². The molecule has 0 amide bonds. The van der Waals surface area contributed by atoms with Gasteiger partial charge in [-0.2, -0.15) is 0 Å². The first-order chi connectivity index (χ1) is 6.97. The average molecular weight is 237 g/mol. The first kappa shape index (κ1) is 11.4. The van der Waals surface area contributed by atoms with Crippen molar-refractivity contribution >= 4 is 23.7 Å². The highest BCUT2D eigenvalue weighted by atomic mass is 35.5. The monoisotopic (exact) mass is 236 g/mol. The van der Waals surface area contributed by atoms with Crippen LogP contribution in [0.15, 0.2) is 6.07 Å². The molecule has 1 rings (SSSR count). The number of hydrogen-bond acceptors (Lipinski definition) is 4. The second-order valence-corrected chi connectivity index (χ2v) is 2.84. The Kier molecular flexibility index (Phi) is 3.25. The number of halogens is 3. The Morgan fingerprint density at radius 3 is 2.60 bits per heavy atom. The summed E-state index contributed by atoms with van der Waals surface area (Å²) in [6.45, 7) is 0. The summed E-state index contributed by atoms with van der Waals surface area (Å²) < 4.78 is 24.7. The van der Waals surface area contributed by atoms with Crippen molar-refractivity contribution in [2.24, 2.45) is 0 Å². The summed E-state index contributed by atoms with van der Waals surface area (Å²) in [5.74, 6) is -0.819. The number of hydrogen-bond donors (Lipinski definition) is 0. The van der Waals surface area contributed by atoms with E-state index in [2.05, 4.69) is 4.98 Å². The van der Waals surface area contributed by atoms with Crippen LogP contribution in [0.3, 0.4) is 0 Å². The molecular formula is C7H3ClF2N2O3. The third kappa shape index (κ3) is 2.24. The zero-order valence-electron chi connectivity index (χ0n) is 6.99. The Labute approximate surface area is 86.8 Å². The highest BCUT2D eigenvalue weighted by molar-refractivity contribution is 6.33. The van der Waals surface area contributed by atoms with Crippen LogP contribution in [0.5, 0.6) is 0 Å². The highest BCUT2D eigenvalue weighted by Gasteiger charge is 2.26. The first-order valence-electron chi connectivity index (χ1n) is 3.55. The molecule has 0 N–H and O–H groups in total. The lowest BCUT2D eigenvalue weighted by atomic mass is 10.2. The molecule has 80 valence electrons. The molecule has 8 heteroatoms. The fourth-order valence-corrected chi connectivity index (χ4v) is 1.14.